The Labute approximate surface area is 59.0 Å². The highest BCUT2D eigenvalue weighted by Gasteiger charge is 2.15. The number of ether oxygens (including phenoxy) is 1. The molecular weight excluding hydrogens is 132 g/mol. The lowest BCUT2D eigenvalue weighted by Gasteiger charge is -2.14. The van der Waals surface area contributed by atoms with Gasteiger partial charge < -0.3 is 4.74 Å². The lowest BCUT2D eigenvalue weighted by molar-refractivity contribution is -0.141. The summed E-state index contributed by atoms with van der Waals surface area (Å²) in [5.41, 5.74) is 0. The molecule has 0 aliphatic rings. The summed E-state index contributed by atoms with van der Waals surface area (Å²) >= 11 is 0. The van der Waals surface area contributed by atoms with Gasteiger partial charge in [-0.25, -0.2) is 0 Å². The molecule has 0 heterocycles. The number of esters is 1. The van der Waals surface area contributed by atoms with Gasteiger partial charge in [0, 0.05) is 16.7 Å². The quantitative estimate of drug-likeness (QED) is 0.408. The van der Waals surface area contributed by atoms with Crippen molar-refractivity contribution in [3.63, 3.8) is 0 Å². The van der Waals surface area contributed by atoms with Crippen molar-refractivity contribution in [2.75, 3.05) is 7.11 Å². The number of hydrogen-bond donors (Lipinski definition) is 0. The van der Waals surface area contributed by atoms with E-state index in [4.69, 9.17) is 0 Å². The second kappa shape index (κ2) is 3.01. The first-order chi connectivity index (χ1) is 3.95. The largest absolute Gasteiger partial charge is 0.469 e. The van der Waals surface area contributed by atoms with E-state index in [0.29, 0.717) is 6.42 Å². The topological polar surface area (TPSA) is 26.3 Å². The van der Waals surface area contributed by atoms with Gasteiger partial charge >= 0.3 is 5.97 Å². The van der Waals surface area contributed by atoms with Gasteiger partial charge in [-0.3, -0.25) is 4.79 Å². The number of carbonyl (C=O) groups is 1. The molecule has 0 aromatic carbocycles. The summed E-state index contributed by atoms with van der Waals surface area (Å²) in [5.74, 6) is -0.102. The molecule has 0 aromatic rings. The Bertz CT molecular complexity index is 104. The lowest BCUT2D eigenvalue weighted by Crippen LogP contribution is -2.11. The fourth-order valence-corrected chi connectivity index (χ4v) is 0.794. The number of methoxy groups -OCH3 is 1. The summed E-state index contributed by atoms with van der Waals surface area (Å²) in [6.07, 6.45) is 0.551. The fraction of sp³-hybridized carbons (Fsp3) is 0.833. The molecule has 9 heavy (non-hydrogen) atoms. The van der Waals surface area contributed by atoms with Crippen LogP contribution in [0.5, 0.6) is 0 Å². The molecule has 0 N–H and O–H groups in total. The number of carbonyl (C=O) groups excluding carboxylic acids is 1. The van der Waals surface area contributed by atoms with E-state index in [-0.39, 0.29) is 11.0 Å². The first-order valence-corrected chi connectivity index (χ1v) is 4.02. The third-order valence-corrected chi connectivity index (χ3v) is 1.26. The third-order valence-electron chi connectivity index (χ3n) is 0.902. The molecule has 0 atom stereocenters. The molecule has 54 valence electrons. The Morgan fingerprint density at radius 1 is 1.67 bits per heavy atom. The van der Waals surface area contributed by atoms with E-state index in [1.807, 2.05) is 0 Å². The van der Waals surface area contributed by atoms with Gasteiger partial charge in [-0.1, -0.05) is 13.8 Å². The average molecular weight is 146 g/mol. The van der Waals surface area contributed by atoms with Crippen molar-refractivity contribution < 1.29 is 9.53 Å². The third kappa shape index (κ3) is 5.56. The molecular formula is C6H14O2Si. The van der Waals surface area contributed by atoms with Gasteiger partial charge in [-0.15, -0.1) is 0 Å². The van der Waals surface area contributed by atoms with E-state index in [0.717, 1.165) is 10.2 Å². The Morgan fingerprint density at radius 3 is 2.22 bits per heavy atom. The van der Waals surface area contributed by atoms with Crippen molar-refractivity contribution in [2.24, 2.45) is 0 Å². The van der Waals surface area contributed by atoms with Crippen LogP contribution in [-0.4, -0.2) is 23.3 Å². The maximum Gasteiger partial charge on any atom is 0.305 e. The lowest BCUT2D eigenvalue weighted by atomic mass is 10.1. The van der Waals surface area contributed by atoms with Crippen LogP contribution >= 0.6 is 0 Å². The zero-order valence-corrected chi connectivity index (χ0v) is 8.52. The summed E-state index contributed by atoms with van der Waals surface area (Å²) in [7, 11) is 2.46. The zero-order chi connectivity index (χ0) is 7.49. The van der Waals surface area contributed by atoms with Crippen LogP contribution in [0.25, 0.3) is 0 Å². The first kappa shape index (κ1) is 8.69. The Hall–Kier alpha value is -0.313. The minimum Gasteiger partial charge on any atom is -0.469 e. The van der Waals surface area contributed by atoms with E-state index < -0.39 is 0 Å². The van der Waals surface area contributed by atoms with Gasteiger partial charge in [0.25, 0.3) is 0 Å². The van der Waals surface area contributed by atoms with Crippen molar-refractivity contribution in [3.05, 3.63) is 0 Å². The molecule has 0 saturated carbocycles. The van der Waals surface area contributed by atoms with E-state index >= 15 is 0 Å². The molecule has 0 aliphatic carbocycles. The molecule has 0 spiro atoms. The molecule has 0 amide bonds. The van der Waals surface area contributed by atoms with Crippen LogP contribution in [0, 0.1) is 0 Å². The maximum absolute atomic E-state index is 10.6. The molecule has 0 saturated heterocycles. The Morgan fingerprint density at radius 2 is 2.11 bits per heavy atom. The summed E-state index contributed by atoms with van der Waals surface area (Å²) in [5, 5.41) is 0.188. The van der Waals surface area contributed by atoms with Crippen LogP contribution < -0.4 is 0 Å². The monoisotopic (exact) mass is 146 g/mol. The number of hydrogen-bond acceptors (Lipinski definition) is 2. The van der Waals surface area contributed by atoms with Crippen LogP contribution in [-0.2, 0) is 9.53 Å². The summed E-state index contributed by atoms with van der Waals surface area (Å²) < 4.78 is 4.51. The van der Waals surface area contributed by atoms with Crippen LogP contribution in [0.15, 0.2) is 0 Å². The van der Waals surface area contributed by atoms with Crippen molar-refractivity contribution in [1.29, 1.82) is 0 Å². The SMILES string of the molecule is COC(=O)CC(C)(C)[SiH3]. The van der Waals surface area contributed by atoms with Crippen molar-refractivity contribution in [2.45, 2.75) is 25.3 Å². The summed E-state index contributed by atoms with van der Waals surface area (Å²) in [4.78, 5) is 10.6. The van der Waals surface area contributed by atoms with Crippen molar-refractivity contribution >= 4 is 16.2 Å². The molecule has 0 fully saturated rings. The smallest absolute Gasteiger partial charge is 0.305 e. The Kier molecular flexibility index (Phi) is 2.90. The second-order valence-electron chi connectivity index (χ2n) is 3.31. The predicted octanol–water partition coefficient (Wildman–Crippen LogP) is 0.113. The van der Waals surface area contributed by atoms with Gasteiger partial charge in [0.05, 0.1) is 7.11 Å². The van der Waals surface area contributed by atoms with Gasteiger partial charge in [0.1, 0.15) is 0 Å². The van der Waals surface area contributed by atoms with E-state index in [9.17, 15) is 4.79 Å². The summed E-state index contributed by atoms with van der Waals surface area (Å²) in [6.45, 7) is 4.13. The second-order valence-corrected chi connectivity index (χ2v) is 6.02. The molecule has 2 nitrogen and oxygen atoms in total. The van der Waals surface area contributed by atoms with E-state index in [1.54, 1.807) is 0 Å². The first-order valence-electron chi connectivity index (χ1n) is 3.02. The zero-order valence-electron chi connectivity index (χ0n) is 6.52. The van der Waals surface area contributed by atoms with Gasteiger partial charge in [-0.05, 0) is 5.04 Å². The van der Waals surface area contributed by atoms with E-state index in [2.05, 4.69) is 18.6 Å². The highest BCUT2D eigenvalue weighted by atomic mass is 28.1. The summed E-state index contributed by atoms with van der Waals surface area (Å²) in [6, 6.07) is 0. The predicted molar refractivity (Wildman–Crippen MR) is 40.6 cm³/mol. The normalized spacial score (nSPS) is 11.4. The van der Waals surface area contributed by atoms with Crippen molar-refractivity contribution in [3.8, 4) is 0 Å². The van der Waals surface area contributed by atoms with Crippen LogP contribution in [0.3, 0.4) is 0 Å². The van der Waals surface area contributed by atoms with Crippen LogP contribution in [0.4, 0.5) is 0 Å². The molecule has 0 aromatic heterocycles. The van der Waals surface area contributed by atoms with Crippen LogP contribution in [0.1, 0.15) is 20.3 Å². The highest BCUT2D eigenvalue weighted by Crippen LogP contribution is 2.23. The highest BCUT2D eigenvalue weighted by molar-refractivity contribution is 6.15. The van der Waals surface area contributed by atoms with Crippen LogP contribution in [0.2, 0.25) is 5.04 Å². The molecule has 0 radical (unpaired) electrons. The molecule has 0 unspecified atom stereocenters. The van der Waals surface area contributed by atoms with E-state index in [1.165, 1.54) is 7.11 Å². The molecule has 0 aliphatic heterocycles. The minimum atomic E-state index is -0.102. The standard InChI is InChI=1S/C6H14O2Si/c1-6(2,9)4-5(7)8-3/h4H2,1-3,9H3. The van der Waals surface area contributed by atoms with Gasteiger partial charge in [-0.2, -0.15) is 0 Å². The van der Waals surface area contributed by atoms with Crippen molar-refractivity contribution in [1.82, 2.24) is 0 Å². The average Bonchev–Trinajstić information content (AvgIpc) is 1.62. The number of rotatable bonds is 2. The molecule has 3 heteroatoms. The fourth-order valence-electron chi connectivity index (χ4n) is 0.505. The molecule has 0 bridgehead atoms. The van der Waals surface area contributed by atoms with Gasteiger partial charge in [0.2, 0.25) is 0 Å². The molecule has 0 rings (SSSR count). The Balaban J connectivity index is 3.60. The van der Waals surface area contributed by atoms with Gasteiger partial charge in [0.15, 0.2) is 0 Å². The maximum atomic E-state index is 10.6. The minimum absolute atomic E-state index is 0.102.